The number of pyridine rings is 1. The number of cyclic esters (lactones) is 2. The van der Waals surface area contributed by atoms with E-state index in [1.807, 2.05) is 36.4 Å². The smallest absolute Gasteiger partial charge is 0.350 e. The number of carbonyl (C=O) groups is 2. The molecule has 1 N–H and O–H groups in total. The van der Waals surface area contributed by atoms with Crippen molar-refractivity contribution in [2.45, 2.75) is 19.6 Å². The molecule has 3 aromatic rings. The zero-order valence-corrected chi connectivity index (χ0v) is 15.4. The summed E-state index contributed by atoms with van der Waals surface area (Å²) in [5, 5.41) is 3.78. The molecule has 0 aliphatic carbocycles. The molecule has 0 radical (unpaired) electrons. The number of anilines is 1. The molecule has 0 unspecified atom stereocenters. The number of fused-ring (bicyclic) bond motifs is 1. The summed E-state index contributed by atoms with van der Waals surface area (Å²) < 4.78 is 10.1. The summed E-state index contributed by atoms with van der Waals surface area (Å²) >= 11 is 1.49. The SMILES string of the molecule is CC1(C)OC(=O)C(=CNc2cccc(-c3nc4cccnc4s3)c2)C(=O)O1. The summed E-state index contributed by atoms with van der Waals surface area (Å²) in [4.78, 5) is 33.7. The Labute approximate surface area is 158 Å². The Morgan fingerprint density at radius 1 is 1.11 bits per heavy atom. The summed E-state index contributed by atoms with van der Waals surface area (Å²) in [7, 11) is 0. The van der Waals surface area contributed by atoms with E-state index in [9.17, 15) is 9.59 Å². The number of benzene rings is 1. The van der Waals surface area contributed by atoms with Crippen LogP contribution >= 0.6 is 11.3 Å². The van der Waals surface area contributed by atoms with Crippen molar-refractivity contribution in [3.8, 4) is 10.6 Å². The zero-order valence-electron chi connectivity index (χ0n) is 14.6. The van der Waals surface area contributed by atoms with Crippen molar-refractivity contribution >= 4 is 39.3 Å². The Bertz CT molecular complexity index is 1030. The maximum absolute atomic E-state index is 12.0. The molecule has 7 nitrogen and oxygen atoms in total. The lowest BCUT2D eigenvalue weighted by Gasteiger charge is -2.29. The van der Waals surface area contributed by atoms with E-state index in [1.54, 1.807) is 6.20 Å². The molecule has 3 heterocycles. The van der Waals surface area contributed by atoms with Crippen LogP contribution < -0.4 is 5.32 Å². The highest BCUT2D eigenvalue weighted by molar-refractivity contribution is 7.21. The largest absolute Gasteiger partial charge is 0.419 e. The van der Waals surface area contributed by atoms with E-state index < -0.39 is 17.7 Å². The quantitative estimate of drug-likeness (QED) is 0.422. The molecule has 0 bridgehead atoms. The monoisotopic (exact) mass is 381 g/mol. The second kappa shape index (κ2) is 6.48. The highest BCUT2D eigenvalue weighted by Crippen LogP contribution is 2.30. The number of hydrogen-bond donors (Lipinski definition) is 1. The van der Waals surface area contributed by atoms with Gasteiger partial charge in [-0.15, -0.1) is 0 Å². The van der Waals surface area contributed by atoms with Gasteiger partial charge in [-0.3, -0.25) is 0 Å². The van der Waals surface area contributed by atoms with Gasteiger partial charge in [0, 0.05) is 37.5 Å². The molecule has 4 rings (SSSR count). The van der Waals surface area contributed by atoms with Crippen LogP contribution in [0.25, 0.3) is 20.9 Å². The van der Waals surface area contributed by atoms with Gasteiger partial charge in [0.05, 0.1) is 0 Å². The molecule has 1 aromatic carbocycles. The van der Waals surface area contributed by atoms with Gasteiger partial charge in [0.15, 0.2) is 5.57 Å². The molecule has 1 aliphatic rings. The van der Waals surface area contributed by atoms with Crippen LogP contribution in [0.5, 0.6) is 0 Å². The van der Waals surface area contributed by atoms with Gasteiger partial charge in [-0.1, -0.05) is 23.5 Å². The molecule has 1 saturated heterocycles. The summed E-state index contributed by atoms with van der Waals surface area (Å²) in [6.45, 7) is 3.01. The lowest BCUT2D eigenvalue weighted by atomic mass is 10.2. The van der Waals surface area contributed by atoms with Crippen LogP contribution in [0, 0.1) is 0 Å². The van der Waals surface area contributed by atoms with Gasteiger partial charge >= 0.3 is 11.9 Å². The third-order valence-corrected chi connectivity index (χ3v) is 4.80. The average molecular weight is 381 g/mol. The zero-order chi connectivity index (χ0) is 19.0. The summed E-state index contributed by atoms with van der Waals surface area (Å²) in [5.74, 6) is -2.71. The van der Waals surface area contributed by atoms with Gasteiger partial charge in [-0.25, -0.2) is 19.6 Å². The molecule has 0 saturated carbocycles. The number of rotatable bonds is 3. The van der Waals surface area contributed by atoms with E-state index in [2.05, 4.69) is 15.3 Å². The average Bonchev–Trinajstić information content (AvgIpc) is 3.04. The standard InChI is InChI=1S/C19H15N3O4S/c1-19(2)25-17(23)13(18(24)26-19)10-21-12-6-3-5-11(9-12)15-22-14-7-4-8-20-16(14)27-15/h3-10,21H,1-2H3. The fourth-order valence-electron chi connectivity index (χ4n) is 2.57. The Hall–Kier alpha value is -3.26. The molecule has 136 valence electrons. The lowest BCUT2D eigenvalue weighted by Crippen LogP contribution is -2.42. The Balaban J connectivity index is 1.58. The number of carbonyl (C=O) groups excluding carboxylic acids is 2. The molecule has 0 amide bonds. The van der Waals surface area contributed by atoms with E-state index in [-0.39, 0.29) is 5.57 Å². The van der Waals surface area contributed by atoms with E-state index in [1.165, 1.54) is 31.4 Å². The number of aromatic nitrogens is 2. The van der Waals surface area contributed by atoms with E-state index >= 15 is 0 Å². The van der Waals surface area contributed by atoms with Crippen molar-refractivity contribution in [2.24, 2.45) is 0 Å². The van der Waals surface area contributed by atoms with Crippen LogP contribution in [0.15, 0.2) is 54.4 Å². The number of esters is 2. The molecule has 1 aliphatic heterocycles. The van der Waals surface area contributed by atoms with Gasteiger partial charge in [-0.2, -0.15) is 0 Å². The highest BCUT2D eigenvalue weighted by Gasteiger charge is 2.38. The van der Waals surface area contributed by atoms with Crippen molar-refractivity contribution in [3.05, 3.63) is 54.4 Å². The maximum Gasteiger partial charge on any atom is 0.350 e. The minimum Gasteiger partial charge on any atom is -0.419 e. The maximum atomic E-state index is 12.0. The first-order valence-corrected chi connectivity index (χ1v) is 8.98. The number of nitrogens with zero attached hydrogens (tertiary/aromatic N) is 2. The predicted molar refractivity (Wildman–Crippen MR) is 101 cm³/mol. The van der Waals surface area contributed by atoms with Crippen molar-refractivity contribution in [1.82, 2.24) is 9.97 Å². The minimum absolute atomic E-state index is 0.191. The van der Waals surface area contributed by atoms with E-state index in [0.717, 1.165) is 20.9 Å². The van der Waals surface area contributed by atoms with Crippen LogP contribution in [0.3, 0.4) is 0 Å². The summed E-state index contributed by atoms with van der Waals surface area (Å²) in [6, 6.07) is 11.2. The summed E-state index contributed by atoms with van der Waals surface area (Å²) in [5.41, 5.74) is 2.24. The van der Waals surface area contributed by atoms with E-state index in [4.69, 9.17) is 9.47 Å². The molecular formula is C19H15N3O4S. The fourth-order valence-corrected chi connectivity index (χ4v) is 3.47. The van der Waals surface area contributed by atoms with Crippen molar-refractivity contribution in [3.63, 3.8) is 0 Å². The number of ether oxygens (including phenoxy) is 2. The molecule has 1 fully saturated rings. The Morgan fingerprint density at radius 3 is 2.63 bits per heavy atom. The Morgan fingerprint density at radius 2 is 1.89 bits per heavy atom. The molecule has 0 atom stereocenters. The first-order valence-electron chi connectivity index (χ1n) is 8.17. The molecule has 27 heavy (non-hydrogen) atoms. The molecular weight excluding hydrogens is 366 g/mol. The first kappa shape index (κ1) is 17.2. The van der Waals surface area contributed by atoms with Gasteiger partial charge in [0.25, 0.3) is 5.79 Å². The van der Waals surface area contributed by atoms with Gasteiger partial charge in [-0.05, 0) is 24.3 Å². The van der Waals surface area contributed by atoms with Crippen LogP contribution in [0.2, 0.25) is 0 Å². The van der Waals surface area contributed by atoms with Crippen molar-refractivity contribution in [2.75, 3.05) is 5.32 Å². The second-order valence-corrected chi connectivity index (χ2v) is 7.29. The number of hydrogen-bond acceptors (Lipinski definition) is 8. The third-order valence-electron chi connectivity index (χ3n) is 3.78. The number of thiazole rings is 1. The summed E-state index contributed by atoms with van der Waals surface area (Å²) in [6.07, 6.45) is 3.02. The van der Waals surface area contributed by atoms with Crippen LogP contribution in [0.1, 0.15) is 13.8 Å². The second-order valence-electron chi connectivity index (χ2n) is 6.31. The first-order chi connectivity index (χ1) is 12.9. The molecule has 2 aromatic heterocycles. The number of nitrogens with one attached hydrogen (secondary N) is 1. The van der Waals surface area contributed by atoms with Gasteiger partial charge in [0.2, 0.25) is 0 Å². The van der Waals surface area contributed by atoms with Crippen LogP contribution in [-0.2, 0) is 19.1 Å². The van der Waals surface area contributed by atoms with Gasteiger partial charge in [0.1, 0.15) is 15.4 Å². The van der Waals surface area contributed by atoms with Crippen molar-refractivity contribution in [1.29, 1.82) is 0 Å². The molecule has 8 heteroatoms. The van der Waals surface area contributed by atoms with Crippen molar-refractivity contribution < 1.29 is 19.1 Å². The Kier molecular flexibility index (Phi) is 4.12. The third kappa shape index (κ3) is 3.52. The van der Waals surface area contributed by atoms with Crippen LogP contribution in [-0.4, -0.2) is 27.7 Å². The normalized spacial score (nSPS) is 16.0. The molecule has 0 spiro atoms. The minimum atomic E-state index is -1.26. The lowest BCUT2D eigenvalue weighted by molar-refractivity contribution is -0.222. The highest BCUT2D eigenvalue weighted by atomic mass is 32.1. The van der Waals surface area contributed by atoms with Crippen LogP contribution in [0.4, 0.5) is 5.69 Å². The van der Waals surface area contributed by atoms with E-state index in [0.29, 0.717) is 5.69 Å². The predicted octanol–water partition coefficient (Wildman–Crippen LogP) is 3.49. The van der Waals surface area contributed by atoms with Gasteiger partial charge < -0.3 is 14.8 Å². The topological polar surface area (TPSA) is 90.4 Å². The fraction of sp³-hybridized carbons (Fsp3) is 0.158.